The highest BCUT2D eigenvalue weighted by Gasteiger charge is 2.33. The first-order valence-corrected chi connectivity index (χ1v) is 13.4. The third-order valence-electron chi connectivity index (χ3n) is 5.45. The summed E-state index contributed by atoms with van der Waals surface area (Å²) in [5.74, 6) is -1.17. The molecule has 3 rings (SSSR count). The van der Waals surface area contributed by atoms with E-state index in [1.807, 2.05) is 54.6 Å². The SMILES string of the molecule is N#Cc1ccc(CP(=O)(O)C(CCC(O)OCc2ccccc2)NC(=O)OCc2ccccc2)cc1. The Balaban J connectivity index is 1.63. The number of nitrogens with zero attached hydrogens (tertiary/aromatic N) is 1. The second-order valence-corrected chi connectivity index (χ2v) is 10.7. The van der Waals surface area contributed by atoms with Gasteiger partial charge in [0.05, 0.1) is 24.4 Å². The number of alkyl carbamates (subject to hydrolysis) is 1. The Bertz CT molecular complexity index is 1180. The van der Waals surface area contributed by atoms with Gasteiger partial charge in [-0.25, -0.2) is 4.79 Å². The van der Waals surface area contributed by atoms with Crippen molar-refractivity contribution < 1.29 is 28.8 Å². The minimum absolute atomic E-state index is 0.00750. The summed E-state index contributed by atoms with van der Waals surface area (Å²) >= 11 is 0. The van der Waals surface area contributed by atoms with Crippen LogP contribution in [0.4, 0.5) is 4.79 Å². The van der Waals surface area contributed by atoms with Gasteiger partial charge in [0.1, 0.15) is 12.4 Å². The quantitative estimate of drug-likeness (QED) is 0.234. The van der Waals surface area contributed by atoms with Crippen LogP contribution < -0.4 is 5.32 Å². The van der Waals surface area contributed by atoms with Crippen LogP contribution in [0.3, 0.4) is 0 Å². The van der Waals surface area contributed by atoms with Gasteiger partial charge in [0.2, 0.25) is 7.37 Å². The van der Waals surface area contributed by atoms with E-state index in [-0.39, 0.29) is 32.2 Å². The van der Waals surface area contributed by atoms with Crippen LogP contribution in [0.5, 0.6) is 0 Å². The molecule has 8 nitrogen and oxygen atoms in total. The molecule has 3 N–H and O–H groups in total. The van der Waals surface area contributed by atoms with Crippen LogP contribution >= 0.6 is 7.37 Å². The van der Waals surface area contributed by atoms with Crippen molar-refractivity contribution in [3.8, 4) is 6.07 Å². The number of nitriles is 1. The van der Waals surface area contributed by atoms with Crippen LogP contribution in [0.15, 0.2) is 84.9 Å². The second-order valence-electron chi connectivity index (χ2n) is 8.27. The maximum Gasteiger partial charge on any atom is 0.408 e. The average Bonchev–Trinajstić information content (AvgIpc) is 2.90. The zero-order chi connectivity index (χ0) is 25.8. The van der Waals surface area contributed by atoms with Gasteiger partial charge in [-0.05, 0) is 35.2 Å². The summed E-state index contributed by atoms with van der Waals surface area (Å²) in [6.45, 7) is 0.189. The average molecular weight is 509 g/mol. The molecule has 0 aliphatic carbocycles. The summed E-state index contributed by atoms with van der Waals surface area (Å²) in [5, 5.41) is 21.8. The third kappa shape index (κ3) is 8.95. The van der Waals surface area contributed by atoms with E-state index in [4.69, 9.17) is 14.7 Å². The molecule has 36 heavy (non-hydrogen) atoms. The van der Waals surface area contributed by atoms with Crippen molar-refractivity contribution in [2.75, 3.05) is 0 Å². The zero-order valence-electron chi connectivity index (χ0n) is 19.7. The molecule has 3 atom stereocenters. The molecular weight excluding hydrogens is 479 g/mol. The summed E-state index contributed by atoms with van der Waals surface area (Å²) in [7, 11) is -3.99. The fraction of sp³-hybridized carbons (Fsp3) is 0.259. The highest BCUT2D eigenvalue weighted by Crippen LogP contribution is 2.50. The molecule has 0 bridgehead atoms. The minimum atomic E-state index is -3.99. The van der Waals surface area contributed by atoms with Gasteiger partial charge >= 0.3 is 6.09 Å². The van der Waals surface area contributed by atoms with Gasteiger partial charge in [0.25, 0.3) is 0 Å². The lowest BCUT2D eigenvalue weighted by Gasteiger charge is -2.25. The molecular formula is C27H29N2O6P. The van der Waals surface area contributed by atoms with Crippen molar-refractivity contribution in [2.24, 2.45) is 0 Å². The van der Waals surface area contributed by atoms with E-state index in [0.29, 0.717) is 11.1 Å². The predicted molar refractivity (Wildman–Crippen MR) is 135 cm³/mol. The number of nitrogens with one attached hydrogen (secondary N) is 1. The Morgan fingerprint density at radius 3 is 2.06 bits per heavy atom. The number of carbonyl (C=O) groups is 1. The lowest BCUT2D eigenvalue weighted by molar-refractivity contribution is -0.112. The highest BCUT2D eigenvalue weighted by molar-refractivity contribution is 7.57. The van der Waals surface area contributed by atoms with Crippen molar-refractivity contribution in [1.82, 2.24) is 5.32 Å². The molecule has 3 aromatic carbocycles. The normalized spacial score (nSPS) is 14.1. The summed E-state index contributed by atoms with van der Waals surface area (Å²) in [4.78, 5) is 23.4. The molecule has 0 saturated heterocycles. The monoisotopic (exact) mass is 508 g/mol. The largest absolute Gasteiger partial charge is 0.445 e. The van der Waals surface area contributed by atoms with Gasteiger partial charge in [-0.3, -0.25) is 4.57 Å². The topological polar surface area (TPSA) is 129 Å². The molecule has 0 heterocycles. The number of hydrogen-bond donors (Lipinski definition) is 3. The van der Waals surface area contributed by atoms with Gasteiger partial charge in [0, 0.05) is 6.42 Å². The lowest BCUT2D eigenvalue weighted by Crippen LogP contribution is -2.36. The van der Waals surface area contributed by atoms with Crippen LogP contribution in [-0.2, 0) is 33.4 Å². The number of aliphatic hydroxyl groups is 1. The van der Waals surface area contributed by atoms with E-state index in [9.17, 15) is 19.4 Å². The smallest absolute Gasteiger partial charge is 0.408 e. The molecule has 0 radical (unpaired) electrons. The predicted octanol–water partition coefficient (Wildman–Crippen LogP) is 4.90. The van der Waals surface area contributed by atoms with Gasteiger partial charge < -0.3 is 24.8 Å². The number of carbonyl (C=O) groups excluding carboxylic acids is 1. The summed E-state index contributed by atoms with van der Waals surface area (Å²) < 4.78 is 24.0. The van der Waals surface area contributed by atoms with Crippen molar-refractivity contribution in [3.05, 3.63) is 107 Å². The first-order valence-electron chi connectivity index (χ1n) is 11.5. The summed E-state index contributed by atoms with van der Waals surface area (Å²) in [6.07, 6.45) is -2.24. The number of rotatable bonds is 12. The Morgan fingerprint density at radius 2 is 1.47 bits per heavy atom. The third-order valence-corrected chi connectivity index (χ3v) is 7.63. The van der Waals surface area contributed by atoms with Crippen LogP contribution in [0, 0.1) is 11.3 Å². The van der Waals surface area contributed by atoms with E-state index in [2.05, 4.69) is 5.32 Å². The molecule has 0 spiro atoms. The Morgan fingerprint density at radius 1 is 0.889 bits per heavy atom. The molecule has 0 aliphatic rings. The summed E-state index contributed by atoms with van der Waals surface area (Å²) in [5.41, 5.74) is 2.64. The number of amides is 1. The van der Waals surface area contributed by atoms with Gasteiger partial charge in [-0.15, -0.1) is 0 Å². The molecule has 3 aromatic rings. The standard InChI is InChI=1S/C27H29N2O6P/c28-17-21-11-13-24(14-12-21)20-36(32,33)25(29-27(31)35-19-23-9-5-2-6-10-23)15-16-26(30)34-18-22-7-3-1-4-8-22/h1-14,25-26,30H,15-16,18-20H2,(H,29,31)(H,32,33). The van der Waals surface area contributed by atoms with Gasteiger partial charge in [-0.2, -0.15) is 5.26 Å². The molecule has 0 saturated carbocycles. The maximum atomic E-state index is 13.3. The fourth-order valence-electron chi connectivity index (χ4n) is 3.48. The number of aliphatic hydroxyl groups excluding tert-OH is 1. The fourth-order valence-corrected chi connectivity index (χ4v) is 5.30. The highest BCUT2D eigenvalue weighted by atomic mass is 31.2. The van der Waals surface area contributed by atoms with Crippen LogP contribution in [0.2, 0.25) is 0 Å². The zero-order valence-corrected chi connectivity index (χ0v) is 20.6. The molecule has 9 heteroatoms. The minimum Gasteiger partial charge on any atom is -0.445 e. The van der Waals surface area contributed by atoms with E-state index >= 15 is 0 Å². The molecule has 1 amide bonds. The number of benzene rings is 3. The number of ether oxygens (including phenoxy) is 2. The van der Waals surface area contributed by atoms with E-state index < -0.39 is 25.5 Å². The van der Waals surface area contributed by atoms with E-state index in [1.165, 1.54) is 0 Å². The second kappa shape index (κ2) is 13.6. The Hall–Kier alpha value is -3.47. The van der Waals surface area contributed by atoms with Crippen LogP contribution in [-0.4, -0.2) is 28.2 Å². The van der Waals surface area contributed by atoms with Crippen molar-refractivity contribution in [3.63, 3.8) is 0 Å². The van der Waals surface area contributed by atoms with Gasteiger partial charge in [-0.1, -0.05) is 72.8 Å². The number of hydrogen-bond acceptors (Lipinski definition) is 6. The lowest BCUT2D eigenvalue weighted by atomic mass is 10.2. The molecule has 0 aliphatic heterocycles. The van der Waals surface area contributed by atoms with Crippen molar-refractivity contribution in [1.29, 1.82) is 5.26 Å². The van der Waals surface area contributed by atoms with E-state index in [1.54, 1.807) is 36.4 Å². The maximum absolute atomic E-state index is 13.3. The first kappa shape index (κ1) is 27.1. The van der Waals surface area contributed by atoms with Crippen molar-refractivity contribution in [2.45, 2.75) is 44.3 Å². The van der Waals surface area contributed by atoms with Crippen molar-refractivity contribution >= 4 is 13.5 Å². The molecule has 0 fully saturated rings. The van der Waals surface area contributed by atoms with E-state index in [0.717, 1.165) is 11.1 Å². The van der Waals surface area contributed by atoms with Crippen LogP contribution in [0.25, 0.3) is 0 Å². The first-order chi connectivity index (χ1) is 17.4. The van der Waals surface area contributed by atoms with Crippen LogP contribution in [0.1, 0.15) is 35.1 Å². The molecule has 0 aromatic heterocycles. The summed E-state index contributed by atoms with van der Waals surface area (Å²) in [6, 6.07) is 26.7. The van der Waals surface area contributed by atoms with Gasteiger partial charge in [0.15, 0.2) is 6.29 Å². The Labute approximate surface area is 210 Å². The molecule has 3 unspecified atom stereocenters. The molecule has 188 valence electrons. The Kier molecular flexibility index (Phi) is 10.2.